The van der Waals surface area contributed by atoms with Crippen LogP contribution < -0.4 is 5.32 Å². The van der Waals surface area contributed by atoms with Crippen LogP contribution in [0.4, 0.5) is 4.39 Å². The van der Waals surface area contributed by atoms with Crippen molar-refractivity contribution in [3.05, 3.63) is 35.1 Å². The van der Waals surface area contributed by atoms with E-state index in [0.717, 1.165) is 6.07 Å². The van der Waals surface area contributed by atoms with Crippen LogP contribution in [0.15, 0.2) is 18.2 Å². The molecule has 1 spiro atoms. The van der Waals surface area contributed by atoms with Gasteiger partial charge in [-0.2, -0.15) is 0 Å². The maximum Gasteiger partial charge on any atom is 0.322 e. The molecule has 1 unspecified atom stereocenters. The van der Waals surface area contributed by atoms with Gasteiger partial charge in [0.05, 0.1) is 5.41 Å². The van der Waals surface area contributed by atoms with Crippen molar-refractivity contribution in [2.45, 2.75) is 18.3 Å². The number of nitrogens with one attached hydrogen (secondary N) is 1. The Hall–Kier alpha value is -2.61. The minimum atomic E-state index is -1.67. The highest BCUT2D eigenvalue weighted by Gasteiger charge is 2.54. The van der Waals surface area contributed by atoms with E-state index in [2.05, 4.69) is 5.32 Å². The van der Waals surface area contributed by atoms with E-state index < -0.39 is 47.1 Å². The molecular formula is C17H16FNO6. The monoisotopic (exact) mass is 349 g/mol. The Morgan fingerprint density at radius 1 is 1.28 bits per heavy atom. The molecule has 25 heavy (non-hydrogen) atoms. The third kappa shape index (κ3) is 2.82. The van der Waals surface area contributed by atoms with Crippen LogP contribution in [0, 0.1) is 11.7 Å². The Kier molecular flexibility index (Phi) is 4.38. The predicted octanol–water partition coefficient (Wildman–Crippen LogP) is 0.456. The van der Waals surface area contributed by atoms with Crippen LogP contribution in [-0.2, 0) is 24.5 Å². The smallest absolute Gasteiger partial charge is 0.322 e. The lowest BCUT2D eigenvalue weighted by molar-refractivity contribution is -0.142. The number of benzene rings is 1. The van der Waals surface area contributed by atoms with Gasteiger partial charge in [-0.25, -0.2) is 4.39 Å². The first-order chi connectivity index (χ1) is 11.9. The van der Waals surface area contributed by atoms with Crippen molar-refractivity contribution >= 4 is 23.4 Å². The molecule has 1 heterocycles. The minimum absolute atomic E-state index is 0.00280. The Labute approximate surface area is 142 Å². The van der Waals surface area contributed by atoms with E-state index in [1.165, 1.54) is 12.1 Å². The van der Waals surface area contributed by atoms with Gasteiger partial charge in [-0.1, -0.05) is 6.07 Å². The van der Waals surface area contributed by atoms with Gasteiger partial charge in [0.1, 0.15) is 12.4 Å². The van der Waals surface area contributed by atoms with Crippen LogP contribution in [0.25, 0.3) is 0 Å². The molecule has 1 saturated heterocycles. The van der Waals surface area contributed by atoms with Gasteiger partial charge in [-0.05, 0) is 30.5 Å². The molecule has 132 valence electrons. The highest BCUT2D eigenvalue weighted by molar-refractivity contribution is 6.29. The van der Waals surface area contributed by atoms with E-state index in [1.54, 1.807) is 0 Å². The molecule has 0 radical (unpaired) electrons. The quantitative estimate of drug-likeness (QED) is 0.767. The first kappa shape index (κ1) is 17.2. The number of halogens is 1. The highest BCUT2D eigenvalue weighted by Crippen LogP contribution is 2.44. The number of rotatable bonds is 3. The highest BCUT2D eigenvalue weighted by atomic mass is 19.1. The zero-order chi connectivity index (χ0) is 18.2. The number of carboxylic acid groups (broad SMARTS) is 1. The molecule has 7 nitrogen and oxygen atoms in total. The van der Waals surface area contributed by atoms with Gasteiger partial charge >= 0.3 is 5.97 Å². The Morgan fingerprint density at radius 3 is 2.60 bits per heavy atom. The van der Waals surface area contributed by atoms with Crippen LogP contribution in [0.3, 0.4) is 0 Å². The van der Waals surface area contributed by atoms with Gasteiger partial charge in [-0.3, -0.25) is 19.2 Å². The average molecular weight is 349 g/mol. The van der Waals surface area contributed by atoms with Crippen LogP contribution >= 0.6 is 0 Å². The van der Waals surface area contributed by atoms with Crippen LogP contribution in [0.1, 0.15) is 28.8 Å². The number of amides is 1. The molecule has 2 N–H and O–H groups in total. The molecule has 3 rings (SSSR count). The average Bonchev–Trinajstić information content (AvgIpc) is 2.59. The maximum absolute atomic E-state index is 13.7. The van der Waals surface area contributed by atoms with Gasteiger partial charge in [0.2, 0.25) is 5.91 Å². The predicted molar refractivity (Wildman–Crippen MR) is 81.6 cm³/mol. The lowest BCUT2D eigenvalue weighted by atomic mass is 9.61. The number of aliphatic carboxylic acids is 1. The number of ketones is 2. The first-order valence-corrected chi connectivity index (χ1v) is 7.82. The molecule has 1 amide bonds. The van der Waals surface area contributed by atoms with Gasteiger partial charge in [-0.15, -0.1) is 0 Å². The second kappa shape index (κ2) is 6.36. The number of hydrogen-bond donors (Lipinski definition) is 2. The Bertz CT molecular complexity index is 768. The van der Waals surface area contributed by atoms with Crippen molar-refractivity contribution < 1.29 is 33.4 Å². The summed E-state index contributed by atoms with van der Waals surface area (Å²) in [4.78, 5) is 48.7. The number of carbonyl (C=O) groups is 4. The fourth-order valence-corrected chi connectivity index (χ4v) is 3.56. The summed E-state index contributed by atoms with van der Waals surface area (Å²) in [5.74, 6) is -5.98. The standard InChI is InChI=1S/C17H16FNO6/c18-9-1-2-11-10(7-9)14(22)13(16(24)19-8-12(20)21)15(23)17(11)3-5-25-6-4-17/h1-2,7,13H,3-6,8H2,(H,19,24)(H,20,21). The van der Waals surface area contributed by atoms with Crippen molar-refractivity contribution in [3.8, 4) is 0 Å². The lowest BCUT2D eigenvalue weighted by Crippen LogP contribution is -2.55. The van der Waals surface area contributed by atoms with E-state index in [1.807, 2.05) is 0 Å². The molecule has 1 aliphatic heterocycles. The molecule has 1 aromatic carbocycles. The summed E-state index contributed by atoms with van der Waals surface area (Å²) < 4.78 is 19.0. The molecule has 1 aromatic rings. The third-order valence-corrected chi connectivity index (χ3v) is 4.78. The molecule has 1 fully saturated rings. The van der Waals surface area contributed by atoms with Gasteiger partial charge < -0.3 is 15.2 Å². The van der Waals surface area contributed by atoms with Gasteiger partial charge in [0.15, 0.2) is 17.5 Å². The number of hydrogen-bond acceptors (Lipinski definition) is 5. The van der Waals surface area contributed by atoms with Crippen molar-refractivity contribution in [1.29, 1.82) is 0 Å². The van der Waals surface area contributed by atoms with E-state index in [-0.39, 0.29) is 31.6 Å². The van der Waals surface area contributed by atoms with Gasteiger partial charge in [0, 0.05) is 18.8 Å². The molecule has 1 aliphatic carbocycles. The molecule has 0 saturated carbocycles. The van der Waals surface area contributed by atoms with Crippen LogP contribution in [0.5, 0.6) is 0 Å². The second-order valence-electron chi connectivity index (χ2n) is 6.16. The minimum Gasteiger partial charge on any atom is -0.480 e. The van der Waals surface area contributed by atoms with Crippen molar-refractivity contribution in [3.63, 3.8) is 0 Å². The molecule has 2 aliphatic rings. The summed E-state index contributed by atoms with van der Waals surface area (Å²) >= 11 is 0. The normalized spacial score (nSPS) is 21.7. The largest absolute Gasteiger partial charge is 0.480 e. The lowest BCUT2D eigenvalue weighted by Gasteiger charge is -2.42. The van der Waals surface area contributed by atoms with E-state index >= 15 is 0 Å². The molecule has 1 atom stereocenters. The fraction of sp³-hybridized carbons (Fsp3) is 0.412. The van der Waals surface area contributed by atoms with Crippen LogP contribution in [0.2, 0.25) is 0 Å². The summed E-state index contributed by atoms with van der Waals surface area (Å²) in [6.07, 6.45) is 0.556. The number of fused-ring (bicyclic) bond motifs is 2. The first-order valence-electron chi connectivity index (χ1n) is 7.82. The summed E-state index contributed by atoms with van der Waals surface area (Å²) in [5.41, 5.74) is -0.688. The topological polar surface area (TPSA) is 110 Å². The van der Waals surface area contributed by atoms with Crippen molar-refractivity contribution in [2.24, 2.45) is 5.92 Å². The number of carboxylic acids is 1. The van der Waals surface area contributed by atoms with Crippen LogP contribution in [-0.4, -0.2) is 48.3 Å². The number of Topliss-reactive ketones (excluding diaryl/α,β-unsaturated/α-hetero) is 2. The number of carbonyl (C=O) groups excluding carboxylic acids is 3. The zero-order valence-electron chi connectivity index (χ0n) is 13.2. The summed E-state index contributed by atoms with van der Waals surface area (Å²) in [5, 5.41) is 10.8. The maximum atomic E-state index is 13.7. The van der Waals surface area contributed by atoms with E-state index in [4.69, 9.17) is 9.84 Å². The molecule has 8 heteroatoms. The summed E-state index contributed by atoms with van der Waals surface area (Å²) in [7, 11) is 0. The third-order valence-electron chi connectivity index (χ3n) is 4.78. The Morgan fingerprint density at radius 2 is 1.96 bits per heavy atom. The zero-order valence-corrected chi connectivity index (χ0v) is 13.2. The van der Waals surface area contributed by atoms with Crippen molar-refractivity contribution in [2.75, 3.05) is 19.8 Å². The summed E-state index contributed by atoms with van der Waals surface area (Å²) in [6, 6.07) is 3.62. The van der Waals surface area contributed by atoms with Gasteiger partial charge in [0.25, 0.3) is 0 Å². The second-order valence-corrected chi connectivity index (χ2v) is 6.16. The fourth-order valence-electron chi connectivity index (χ4n) is 3.56. The molecule has 0 bridgehead atoms. The number of ether oxygens (including phenoxy) is 1. The van der Waals surface area contributed by atoms with E-state index in [9.17, 15) is 23.6 Å². The van der Waals surface area contributed by atoms with Crippen molar-refractivity contribution in [1.82, 2.24) is 5.32 Å². The van der Waals surface area contributed by atoms with E-state index in [0.29, 0.717) is 5.56 Å². The Balaban J connectivity index is 2.07. The SMILES string of the molecule is O=C(O)CNC(=O)C1C(=O)c2cc(F)ccc2C2(CCOCC2)C1=O. The molecule has 0 aromatic heterocycles. The molecular weight excluding hydrogens is 333 g/mol. The summed E-state index contributed by atoms with van der Waals surface area (Å²) in [6.45, 7) is -0.150.